The van der Waals surface area contributed by atoms with Crippen molar-refractivity contribution >= 4 is 5.69 Å². The molecule has 1 aromatic rings. The number of likely N-dealkylation sites (N-methyl/N-ethyl adjacent to an activating group) is 1. The zero-order valence-electron chi connectivity index (χ0n) is 9.75. The average Bonchev–Trinajstić information content (AvgIpc) is 2.65. The smallest absolute Gasteiger partial charge is 0.123 e. The number of nitrogens with two attached hydrogens (primary N) is 1. The second-order valence-corrected chi connectivity index (χ2v) is 4.90. The fourth-order valence-electron chi connectivity index (χ4n) is 2.50. The Morgan fingerprint density at radius 2 is 1.81 bits per heavy atom. The van der Waals surface area contributed by atoms with Crippen molar-refractivity contribution in [1.82, 2.24) is 0 Å². The van der Waals surface area contributed by atoms with E-state index in [2.05, 4.69) is 4.90 Å². The number of halogens is 1. The van der Waals surface area contributed by atoms with E-state index in [4.69, 9.17) is 5.73 Å². The van der Waals surface area contributed by atoms with Crippen molar-refractivity contribution in [2.45, 2.75) is 31.2 Å². The summed E-state index contributed by atoms with van der Waals surface area (Å²) in [5.41, 5.74) is 7.29. The third kappa shape index (κ3) is 2.53. The van der Waals surface area contributed by atoms with Gasteiger partial charge >= 0.3 is 0 Å². The molecule has 0 amide bonds. The van der Waals surface area contributed by atoms with Gasteiger partial charge in [-0.15, -0.1) is 0 Å². The molecule has 2 nitrogen and oxygen atoms in total. The molecule has 0 unspecified atom stereocenters. The molecule has 16 heavy (non-hydrogen) atoms. The molecular formula is C13H19FN2. The van der Waals surface area contributed by atoms with Gasteiger partial charge in [-0.2, -0.15) is 0 Å². The zero-order chi connectivity index (χ0) is 11.6. The van der Waals surface area contributed by atoms with E-state index in [1.807, 2.05) is 7.05 Å². The number of hydrogen-bond donors (Lipinski definition) is 1. The van der Waals surface area contributed by atoms with E-state index in [1.165, 1.54) is 25.0 Å². The van der Waals surface area contributed by atoms with Gasteiger partial charge in [0, 0.05) is 24.8 Å². The van der Waals surface area contributed by atoms with Crippen LogP contribution < -0.4 is 10.6 Å². The molecule has 88 valence electrons. The number of rotatable bonds is 3. The van der Waals surface area contributed by atoms with Gasteiger partial charge in [-0.05, 0) is 37.1 Å². The highest BCUT2D eigenvalue weighted by atomic mass is 19.1. The van der Waals surface area contributed by atoms with Crippen LogP contribution in [0.1, 0.15) is 25.7 Å². The molecule has 0 aromatic heterocycles. The molecule has 0 saturated heterocycles. The zero-order valence-corrected chi connectivity index (χ0v) is 9.75. The predicted octanol–water partition coefficient (Wildman–Crippen LogP) is 2.53. The van der Waals surface area contributed by atoms with E-state index in [1.54, 1.807) is 12.1 Å². The molecule has 0 spiro atoms. The van der Waals surface area contributed by atoms with Crippen LogP contribution >= 0.6 is 0 Å². The molecule has 1 aliphatic carbocycles. The molecule has 0 atom stereocenters. The van der Waals surface area contributed by atoms with E-state index in [-0.39, 0.29) is 11.4 Å². The van der Waals surface area contributed by atoms with Gasteiger partial charge < -0.3 is 10.6 Å². The first-order valence-electron chi connectivity index (χ1n) is 5.85. The summed E-state index contributed by atoms with van der Waals surface area (Å²) in [6.07, 6.45) is 4.65. The van der Waals surface area contributed by atoms with E-state index < -0.39 is 0 Å². The Kier molecular flexibility index (Phi) is 3.15. The SMILES string of the molecule is CN(CC1(N)CCCC1)c1ccc(F)cc1. The maximum absolute atomic E-state index is 12.8. The van der Waals surface area contributed by atoms with Crippen LogP contribution in [-0.2, 0) is 0 Å². The summed E-state index contributed by atoms with van der Waals surface area (Å²) in [6.45, 7) is 0.846. The lowest BCUT2D eigenvalue weighted by Crippen LogP contribution is -2.47. The molecule has 0 bridgehead atoms. The maximum Gasteiger partial charge on any atom is 0.123 e. The van der Waals surface area contributed by atoms with Crippen LogP contribution in [0.4, 0.5) is 10.1 Å². The molecule has 1 aromatic carbocycles. The number of nitrogens with zero attached hydrogens (tertiary/aromatic N) is 1. The molecule has 1 aliphatic rings. The molecule has 1 saturated carbocycles. The van der Waals surface area contributed by atoms with Crippen LogP contribution in [0.15, 0.2) is 24.3 Å². The molecule has 0 aliphatic heterocycles. The Morgan fingerprint density at radius 3 is 2.38 bits per heavy atom. The number of benzene rings is 1. The number of hydrogen-bond acceptors (Lipinski definition) is 2. The van der Waals surface area contributed by atoms with Crippen LogP contribution in [0.2, 0.25) is 0 Å². The summed E-state index contributed by atoms with van der Waals surface area (Å²) in [5.74, 6) is -0.194. The van der Waals surface area contributed by atoms with E-state index in [9.17, 15) is 4.39 Å². The minimum atomic E-state index is -0.194. The van der Waals surface area contributed by atoms with Crippen molar-refractivity contribution in [2.75, 3.05) is 18.5 Å². The minimum absolute atomic E-state index is 0.0524. The van der Waals surface area contributed by atoms with E-state index in [0.29, 0.717) is 0 Å². The van der Waals surface area contributed by atoms with E-state index >= 15 is 0 Å². The summed E-state index contributed by atoms with van der Waals surface area (Å²) in [5, 5.41) is 0. The van der Waals surface area contributed by atoms with Crippen molar-refractivity contribution in [3.05, 3.63) is 30.1 Å². The molecule has 3 heteroatoms. The van der Waals surface area contributed by atoms with Crippen molar-refractivity contribution in [3.63, 3.8) is 0 Å². The van der Waals surface area contributed by atoms with Gasteiger partial charge in [0.2, 0.25) is 0 Å². The first kappa shape index (κ1) is 11.4. The first-order chi connectivity index (χ1) is 7.59. The average molecular weight is 222 g/mol. The normalized spacial score (nSPS) is 18.7. The number of anilines is 1. The lowest BCUT2D eigenvalue weighted by atomic mass is 9.98. The predicted molar refractivity (Wildman–Crippen MR) is 65.1 cm³/mol. The summed E-state index contributed by atoms with van der Waals surface area (Å²) in [4.78, 5) is 2.12. The Morgan fingerprint density at radius 1 is 1.25 bits per heavy atom. The molecule has 0 radical (unpaired) electrons. The van der Waals surface area contributed by atoms with Crippen LogP contribution in [0.5, 0.6) is 0 Å². The second kappa shape index (κ2) is 4.42. The topological polar surface area (TPSA) is 29.3 Å². The van der Waals surface area contributed by atoms with Crippen molar-refractivity contribution in [1.29, 1.82) is 0 Å². The van der Waals surface area contributed by atoms with E-state index in [0.717, 1.165) is 25.1 Å². The highest BCUT2D eigenvalue weighted by Gasteiger charge is 2.30. The van der Waals surface area contributed by atoms with Gasteiger partial charge in [-0.1, -0.05) is 12.8 Å². The Hall–Kier alpha value is -1.09. The molecule has 2 N–H and O–H groups in total. The molecular weight excluding hydrogens is 203 g/mol. The van der Waals surface area contributed by atoms with Crippen LogP contribution in [-0.4, -0.2) is 19.1 Å². The van der Waals surface area contributed by atoms with Crippen LogP contribution in [0, 0.1) is 5.82 Å². The second-order valence-electron chi connectivity index (χ2n) is 4.90. The summed E-state index contributed by atoms with van der Waals surface area (Å²) in [6, 6.07) is 6.58. The Bertz CT molecular complexity index is 341. The lowest BCUT2D eigenvalue weighted by molar-refractivity contribution is 0.442. The van der Waals surface area contributed by atoms with Gasteiger partial charge in [-0.25, -0.2) is 4.39 Å². The van der Waals surface area contributed by atoms with Gasteiger partial charge in [0.1, 0.15) is 5.82 Å². The molecule has 0 heterocycles. The first-order valence-corrected chi connectivity index (χ1v) is 5.85. The van der Waals surface area contributed by atoms with Gasteiger partial charge in [0.05, 0.1) is 0 Å². The van der Waals surface area contributed by atoms with Gasteiger partial charge in [0.25, 0.3) is 0 Å². The summed E-state index contributed by atoms with van der Waals surface area (Å²) in [7, 11) is 2.01. The lowest BCUT2D eigenvalue weighted by Gasteiger charge is -2.31. The van der Waals surface area contributed by atoms with Crippen LogP contribution in [0.3, 0.4) is 0 Å². The van der Waals surface area contributed by atoms with Crippen molar-refractivity contribution in [2.24, 2.45) is 5.73 Å². The fraction of sp³-hybridized carbons (Fsp3) is 0.538. The Balaban J connectivity index is 2.02. The highest BCUT2D eigenvalue weighted by molar-refractivity contribution is 5.45. The largest absolute Gasteiger partial charge is 0.373 e. The maximum atomic E-state index is 12.8. The van der Waals surface area contributed by atoms with Gasteiger partial charge in [0.15, 0.2) is 0 Å². The van der Waals surface area contributed by atoms with Crippen molar-refractivity contribution in [3.8, 4) is 0 Å². The van der Waals surface area contributed by atoms with Crippen LogP contribution in [0.25, 0.3) is 0 Å². The Labute approximate surface area is 96.2 Å². The molecule has 1 fully saturated rings. The monoisotopic (exact) mass is 222 g/mol. The third-order valence-corrected chi connectivity index (χ3v) is 3.42. The third-order valence-electron chi connectivity index (χ3n) is 3.42. The minimum Gasteiger partial charge on any atom is -0.373 e. The quantitative estimate of drug-likeness (QED) is 0.851. The highest BCUT2D eigenvalue weighted by Crippen LogP contribution is 2.29. The standard InChI is InChI=1S/C13H19FN2/c1-16(10-13(15)8-2-3-9-13)12-6-4-11(14)5-7-12/h4-7H,2-3,8-10,15H2,1H3. The summed E-state index contributed by atoms with van der Waals surface area (Å²) >= 11 is 0. The fourth-order valence-corrected chi connectivity index (χ4v) is 2.50. The molecule has 2 rings (SSSR count). The van der Waals surface area contributed by atoms with Crippen molar-refractivity contribution < 1.29 is 4.39 Å². The van der Waals surface area contributed by atoms with Gasteiger partial charge in [-0.3, -0.25) is 0 Å². The summed E-state index contributed by atoms with van der Waals surface area (Å²) < 4.78 is 12.8.